The van der Waals surface area contributed by atoms with Crippen LogP contribution in [0.4, 0.5) is 5.69 Å². The molecule has 4 nitrogen and oxygen atoms in total. The Balaban J connectivity index is 1.38. The van der Waals surface area contributed by atoms with Crippen LogP contribution in [0.15, 0.2) is 18.2 Å². The molecule has 0 aliphatic heterocycles. The van der Waals surface area contributed by atoms with Crippen molar-refractivity contribution in [3.63, 3.8) is 0 Å². The zero-order valence-electron chi connectivity index (χ0n) is 15.4. The third kappa shape index (κ3) is 3.19. The number of carbonyl (C=O) groups is 2. The number of benzene rings is 1. The Morgan fingerprint density at radius 2 is 1.88 bits per heavy atom. The molecule has 4 aliphatic carbocycles. The maximum Gasteiger partial charge on any atom is 0.312 e. The molecule has 4 fully saturated rings. The summed E-state index contributed by atoms with van der Waals surface area (Å²) in [4.78, 5) is 25.2. The molecule has 5 heteroatoms. The van der Waals surface area contributed by atoms with Gasteiger partial charge in [-0.1, -0.05) is 28.1 Å². The first-order valence-corrected chi connectivity index (χ1v) is 10.3. The molecule has 5 rings (SSSR count). The van der Waals surface area contributed by atoms with Crippen molar-refractivity contribution in [3.05, 3.63) is 29.3 Å². The maximum atomic E-state index is 12.9. The van der Waals surface area contributed by atoms with E-state index in [1.54, 1.807) is 0 Å². The molecule has 0 saturated heterocycles. The van der Waals surface area contributed by atoms with Crippen LogP contribution in [-0.4, -0.2) is 22.8 Å². The molecule has 26 heavy (non-hydrogen) atoms. The molecule has 4 atom stereocenters. The van der Waals surface area contributed by atoms with Crippen LogP contribution in [-0.2, 0) is 14.3 Å². The summed E-state index contributed by atoms with van der Waals surface area (Å²) in [6, 6.07) is 5.79. The summed E-state index contributed by atoms with van der Waals surface area (Å²) in [6.07, 6.45) is 6.29. The molecule has 1 N–H and O–H groups in total. The Morgan fingerprint density at radius 3 is 2.54 bits per heavy atom. The molecule has 1 aromatic carbocycles. The van der Waals surface area contributed by atoms with Crippen LogP contribution in [0, 0.1) is 31.1 Å². The molecular weight excluding hydrogens is 394 g/mol. The van der Waals surface area contributed by atoms with Gasteiger partial charge in [-0.25, -0.2) is 0 Å². The van der Waals surface area contributed by atoms with Gasteiger partial charge in [0.1, 0.15) is 0 Å². The van der Waals surface area contributed by atoms with E-state index in [2.05, 4.69) is 21.2 Å². The van der Waals surface area contributed by atoms with Gasteiger partial charge in [-0.05, 0) is 81.4 Å². The lowest BCUT2D eigenvalue weighted by atomic mass is 9.49. The Morgan fingerprint density at radius 1 is 1.19 bits per heavy atom. The Kier molecular flexibility index (Phi) is 4.41. The topological polar surface area (TPSA) is 55.4 Å². The summed E-state index contributed by atoms with van der Waals surface area (Å²) in [6.45, 7) is 3.77. The molecule has 1 amide bonds. The normalized spacial score (nSPS) is 34.6. The highest BCUT2D eigenvalue weighted by Crippen LogP contribution is 2.64. The minimum Gasteiger partial charge on any atom is -0.455 e. The predicted molar refractivity (Wildman–Crippen MR) is 104 cm³/mol. The molecule has 1 aromatic rings. The van der Waals surface area contributed by atoms with E-state index in [0.717, 1.165) is 36.1 Å². The lowest BCUT2D eigenvalue weighted by Gasteiger charge is -2.58. The fourth-order valence-corrected chi connectivity index (χ4v) is 7.20. The van der Waals surface area contributed by atoms with Crippen LogP contribution >= 0.6 is 15.9 Å². The summed E-state index contributed by atoms with van der Waals surface area (Å²) in [5, 5.41) is 2.86. The van der Waals surface area contributed by atoms with Gasteiger partial charge < -0.3 is 10.1 Å². The van der Waals surface area contributed by atoms with E-state index < -0.39 is 0 Å². The number of amides is 1. The minimum absolute atomic E-state index is 0.108. The smallest absolute Gasteiger partial charge is 0.312 e. The second-order valence-electron chi connectivity index (χ2n) is 8.76. The van der Waals surface area contributed by atoms with E-state index >= 15 is 0 Å². The van der Waals surface area contributed by atoms with Crippen molar-refractivity contribution in [1.29, 1.82) is 0 Å². The van der Waals surface area contributed by atoms with Crippen LogP contribution < -0.4 is 5.32 Å². The zero-order chi connectivity index (χ0) is 18.5. The van der Waals surface area contributed by atoms with Crippen molar-refractivity contribution < 1.29 is 14.3 Å². The number of rotatable bonds is 4. The van der Waals surface area contributed by atoms with Gasteiger partial charge in [0.25, 0.3) is 5.91 Å². The van der Waals surface area contributed by atoms with Gasteiger partial charge in [0.2, 0.25) is 0 Å². The molecule has 4 saturated carbocycles. The second kappa shape index (κ2) is 6.36. The zero-order valence-corrected chi connectivity index (χ0v) is 17.0. The van der Waals surface area contributed by atoms with Crippen LogP contribution in [0.1, 0.15) is 49.7 Å². The van der Waals surface area contributed by atoms with E-state index in [0.29, 0.717) is 11.8 Å². The lowest BCUT2D eigenvalue weighted by molar-refractivity contribution is -0.170. The number of hydrogen-bond acceptors (Lipinski definition) is 3. The van der Waals surface area contributed by atoms with Crippen molar-refractivity contribution in [1.82, 2.24) is 0 Å². The fraction of sp³-hybridized carbons (Fsp3) is 0.619. The quantitative estimate of drug-likeness (QED) is 0.576. The van der Waals surface area contributed by atoms with Crippen molar-refractivity contribution >= 4 is 33.5 Å². The average Bonchev–Trinajstić information content (AvgIpc) is 2.54. The van der Waals surface area contributed by atoms with Gasteiger partial charge in [-0.15, -0.1) is 0 Å². The van der Waals surface area contributed by atoms with Crippen LogP contribution in [0.5, 0.6) is 0 Å². The predicted octanol–water partition coefficient (Wildman–Crippen LogP) is 4.52. The average molecular weight is 420 g/mol. The molecule has 0 radical (unpaired) electrons. The van der Waals surface area contributed by atoms with Crippen molar-refractivity contribution in [2.45, 2.75) is 56.7 Å². The summed E-state index contributed by atoms with van der Waals surface area (Å²) >= 11 is 3.91. The number of esters is 1. The molecule has 140 valence electrons. The highest BCUT2D eigenvalue weighted by Gasteiger charge is 2.60. The van der Waals surface area contributed by atoms with Crippen molar-refractivity contribution in [2.75, 3.05) is 11.9 Å². The van der Waals surface area contributed by atoms with E-state index in [1.165, 1.54) is 19.3 Å². The van der Waals surface area contributed by atoms with E-state index in [1.807, 2.05) is 32.0 Å². The maximum absolute atomic E-state index is 12.9. The molecule has 4 aliphatic rings. The number of anilines is 1. The molecular formula is C21H26BrNO3. The monoisotopic (exact) mass is 419 g/mol. The Labute approximate surface area is 163 Å². The number of carbonyl (C=O) groups excluding carboxylic acids is 2. The summed E-state index contributed by atoms with van der Waals surface area (Å²) < 4.78 is 5.61. The summed E-state index contributed by atoms with van der Waals surface area (Å²) in [5.41, 5.74) is 2.55. The summed E-state index contributed by atoms with van der Waals surface area (Å²) in [7, 11) is 0. The summed E-state index contributed by atoms with van der Waals surface area (Å²) in [5.74, 6) is 0.788. The third-order valence-corrected chi connectivity index (χ3v) is 7.56. The number of halogens is 1. The highest BCUT2D eigenvalue weighted by molar-refractivity contribution is 9.10. The second-order valence-corrected chi connectivity index (χ2v) is 10.4. The third-order valence-electron chi connectivity index (χ3n) is 6.64. The first-order valence-electron chi connectivity index (χ1n) is 9.51. The first-order chi connectivity index (χ1) is 12.3. The van der Waals surface area contributed by atoms with Crippen LogP contribution in [0.25, 0.3) is 0 Å². The van der Waals surface area contributed by atoms with Gasteiger partial charge in [-0.3, -0.25) is 9.59 Å². The minimum atomic E-state index is -0.382. The molecule has 4 bridgehead atoms. The standard InChI is InChI=1S/C21H26BrNO3/c1-13-4-3-5-17(14(13)2)23-18(24)11-26-19(25)20-7-15-6-16(8-20)10-21(22,9-15)12-20/h3-5,15-16H,6-12H2,1-2H3,(H,23,24)/t15-,16+,20?,21?. The van der Waals surface area contributed by atoms with Crippen LogP contribution in [0.3, 0.4) is 0 Å². The number of hydrogen-bond donors (Lipinski definition) is 1. The highest BCUT2D eigenvalue weighted by atomic mass is 79.9. The molecule has 2 unspecified atom stereocenters. The number of ether oxygens (including phenoxy) is 1. The Hall–Kier alpha value is -1.36. The molecule has 0 aromatic heterocycles. The SMILES string of the molecule is Cc1cccc(NC(=O)COC(=O)C23C[C@@H]4C[C@@H](CC(Br)(C4)C2)C3)c1C. The number of nitrogens with one attached hydrogen (secondary N) is 1. The lowest BCUT2D eigenvalue weighted by Crippen LogP contribution is -2.56. The van der Waals surface area contributed by atoms with Crippen molar-refractivity contribution in [3.8, 4) is 0 Å². The Bertz CT molecular complexity index is 746. The molecule has 0 heterocycles. The largest absolute Gasteiger partial charge is 0.455 e. The van der Waals surface area contributed by atoms with Gasteiger partial charge in [0, 0.05) is 10.0 Å². The van der Waals surface area contributed by atoms with Gasteiger partial charge in [-0.2, -0.15) is 0 Å². The van der Waals surface area contributed by atoms with Crippen LogP contribution in [0.2, 0.25) is 0 Å². The number of alkyl halides is 1. The van der Waals surface area contributed by atoms with Crippen molar-refractivity contribution in [2.24, 2.45) is 17.3 Å². The van der Waals surface area contributed by atoms with Gasteiger partial charge in [0.05, 0.1) is 5.41 Å². The number of aryl methyl sites for hydroxylation is 1. The van der Waals surface area contributed by atoms with Gasteiger partial charge >= 0.3 is 5.97 Å². The fourth-order valence-electron chi connectivity index (χ4n) is 5.75. The first kappa shape index (κ1) is 18.0. The van der Waals surface area contributed by atoms with E-state index in [9.17, 15) is 9.59 Å². The van der Waals surface area contributed by atoms with Gasteiger partial charge in [0.15, 0.2) is 6.61 Å². The van der Waals surface area contributed by atoms with E-state index in [-0.39, 0.29) is 28.2 Å². The molecule has 0 spiro atoms. The van der Waals surface area contributed by atoms with E-state index in [4.69, 9.17) is 4.74 Å².